The van der Waals surface area contributed by atoms with Gasteiger partial charge in [-0.1, -0.05) is 24.3 Å². The van der Waals surface area contributed by atoms with Gasteiger partial charge >= 0.3 is 0 Å². The van der Waals surface area contributed by atoms with Crippen molar-refractivity contribution in [3.05, 3.63) is 71.5 Å². The lowest BCUT2D eigenvalue weighted by Gasteiger charge is -2.06. The highest BCUT2D eigenvalue weighted by Crippen LogP contribution is 2.30. The number of aromatic nitrogens is 2. The van der Waals surface area contributed by atoms with Gasteiger partial charge in [0.25, 0.3) is 0 Å². The molecule has 2 aromatic carbocycles. The second-order valence-electron chi connectivity index (χ2n) is 5.82. The molecule has 1 atom stereocenters. The number of nitrogens with zero attached hydrogens (tertiary/aromatic N) is 2. The van der Waals surface area contributed by atoms with E-state index in [1.165, 1.54) is 12.1 Å². The molecule has 2 heterocycles. The van der Waals surface area contributed by atoms with Gasteiger partial charge in [0.1, 0.15) is 5.82 Å². The first-order chi connectivity index (χ1) is 11.6. The van der Waals surface area contributed by atoms with E-state index in [4.69, 9.17) is 5.73 Å². The number of fused-ring (bicyclic) bond motifs is 1. The summed E-state index contributed by atoms with van der Waals surface area (Å²) >= 11 is 1.59. The van der Waals surface area contributed by atoms with Crippen molar-refractivity contribution >= 4 is 16.3 Å². The summed E-state index contributed by atoms with van der Waals surface area (Å²) in [6, 6.07) is 14.7. The van der Waals surface area contributed by atoms with Crippen LogP contribution in [0.2, 0.25) is 0 Å². The van der Waals surface area contributed by atoms with Gasteiger partial charge < -0.3 is 5.73 Å². The standard InChI is InChI=1S/C19H16FN3S/c1-12(21)13-2-4-15(5-3-13)18-11-24-19-22-17(10-23(18)19)14-6-8-16(20)9-7-14/h2-12H,21H2,1H3. The smallest absolute Gasteiger partial charge is 0.194 e. The molecule has 0 radical (unpaired) electrons. The van der Waals surface area contributed by atoms with Gasteiger partial charge in [0, 0.05) is 23.2 Å². The third kappa shape index (κ3) is 2.62. The summed E-state index contributed by atoms with van der Waals surface area (Å²) < 4.78 is 15.2. The number of halogens is 1. The van der Waals surface area contributed by atoms with Crippen LogP contribution >= 0.6 is 11.3 Å². The van der Waals surface area contributed by atoms with Crippen LogP contribution in [0, 0.1) is 5.82 Å². The molecule has 0 amide bonds. The van der Waals surface area contributed by atoms with Crippen LogP contribution in [0.4, 0.5) is 4.39 Å². The lowest BCUT2D eigenvalue weighted by atomic mass is 10.1. The molecule has 0 saturated carbocycles. The van der Waals surface area contributed by atoms with Gasteiger partial charge in [-0.25, -0.2) is 9.37 Å². The van der Waals surface area contributed by atoms with E-state index in [0.29, 0.717) is 0 Å². The fourth-order valence-corrected chi connectivity index (χ4v) is 3.59. The van der Waals surface area contributed by atoms with Gasteiger partial charge in [0.05, 0.1) is 11.4 Å². The number of hydrogen-bond acceptors (Lipinski definition) is 3. The number of thiazole rings is 1. The van der Waals surface area contributed by atoms with E-state index >= 15 is 0 Å². The van der Waals surface area contributed by atoms with Crippen LogP contribution in [0.3, 0.4) is 0 Å². The topological polar surface area (TPSA) is 43.3 Å². The molecule has 0 aliphatic rings. The number of hydrogen-bond donors (Lipinski definition) is 1. The first-order valence-corrected chi connectivity index (χ1v) is 8.58. The normalized spacial score (nSPS) is 12.6. The quantitative estimate of drug-likeness (QED) is 0.578. The van der Waals surface area contributed by atoms with Crippen molar-refractivity contribution in [3.63, 3.8) is 0 Å². The molecular weight excluding hydrogens is 321 g/mol. The highest BCUT2D eigenvalue weighted by atomic mass is 32.1. The molecule has 1 unspecified atom stereocenters. The van der Waals surface area contributed by atoms with E-state index in [0.717, 1.165) is 33.0 Å². The van der Waals surface area contributed by atoms with E-state index in [2.05, 4.69) is 39.0 Å². The van der Waals surface area contributed by atoms with Gasteiger partial charge in [0.15, 0.2) is 4.96 Å². The van der Waals surface area contributed by atoms with Crippen LogP contribution in [-0.2, 0) is 0 Å². The van der Waals surface area contributed by atoms with Crippen LogP contribution in [0.5, 0.6) is 0 Å². The lowest BCUT2D eigenvalue weighted by molar-refractivity contribution is 0.628. The molecule has 0 bridgehead atoms. The Morgan fingerprint density at radius 1 is 1.04 bits per heavy atom. The van der Waals surface area contributed by atoms with Crippen molar-refractivity contribution in [3.8, 4) is 22.5 Å². The predicted molar refractivity (Wildman–Crippen MR) is 96.5 cm³/mol. The zero-order chi connectivity index (χ0) is 16.7. The third-order valence-corrected chi connectivity index (χ3v) is 4.92. The average molecular weight is 337 g/mol. The fourth-order valence-electron chi connectivity index (χ4n) is 2.71. The molecule has 0 aliphatic carbocycles. The molecule has 24 heavy (non-hydrogen) atoms. The zero-order valence-electron chi connectivity index (χ0n) is 13.1. The van der Waals surface area contributed by atoms with Crippen molar-refractivity contribution < 1.29 is 4.39 Å². The Morgan fingerprint density at radius 3 is 2.38 bits per heavy atom. The largest absolute Gasteiger partial charge is 0.324 e. The van der Waals surface area contributed by atoms with Crippen LogP contribution in [0.25, 0.3) is 27.5 Å². The molecule has 0 spiro atoms. The molecule has 120 valence electrons. The Balaban J connectivity index is 1.75. The summed E-state index contributed by atoms with van der Waals surface area (Å²) in [6.07, 6.45) is 1.99. The Labute approximate surface area is 143 Å². The molecule has 4 aromatic rings. The molecule has 0 aliphatic heterocycles. The van der Waals surface area contributed by atoms with E-state index in [1.54, 1.807) is 23.5 Å². The third-order valence-electron chi connectivity index (χ3n) is 4.08. The molecule has 2 N–H and O–H groups in total. The zero-order valence-corrected chi connectivity index (χ0v) is 13.9. The summed E-state index contributed by atoms with van der Waals surface area (Å²) in [5.41, 5.74) is 11.0. The van der Waals surface area contributed by atoms with Crippen molar-refractivity contribution in [2.45, 2.75) is 13.0 Å². The van der Waals surface area contributed by atoms with Gasteiger partial charge in [-0.2, -0.15) is 0 Å². The maximum Gasteiger partial charge on any atom is 0.194 e. The molecule has 2 aromatic heterocycles. The first-order valence-electron chi connectivity index (χ1n) is 7.70. The van der Waals surface area contributed by atoms with E-state index in [1.807, 2.05) is 13.1 Å². The fraction of sp³-hybridized carbons (Fsp3) is 0.105. The average Bonchev–Trinajstić information content (AvgIpc) is 3.16. The summed E-state index contributed by atoms with van der Waals surface area (Å²) in [5.74, 6) is -0.241. The molecule has 0 fully saturated rings. The molecule has 5 heteroatoms. The number of rotatable bonds is 3. The second-order valence-corrected chi connectivity index (χ2v) is 6.65. The van der Waals surface area contributed by atoms with Gasteiger partial charge in [-0.15, -0.1) is 11.3 Å². The van der Waals surface area contributed by atoms with Crippen molar-refractivity contribution in [2.24, 2.45) is 5.73 Å². The molecule has 0 saturated heterocycles. The van der Waals surface area contributed by atoms with Crippen LogP contribution in [0.1, 0.15) is 18.5 Å². The highest BCUT2D eigenvalue weighted by molar-refractivity contribution is 7.15. The van der Waals surface area contributed by atoms with Crippen molar-refractivity contribution in [1.82, 2.24) is 9.38 Å². The van der Waals surface area contributed by atoms with Crippen LogP contribution in [0.15, 0.2) is 60.1 Å². The number of imidazole rings is 1. The lowest BCUT2D eigenvalue weighted by Crippen LogP contribution is -2.04. The maximum atomic E-state index is 13.1. The molecule has 3 nitrogen and oxygen atoms in total. The van der Waals surface area contributed by atoms with Crippen molar-refractivity contribution in [2.75, 3.05) is 0 Å². The van der Waals surface area contributed by atoms with Crippen molar-refractivity contribution in [1.29, 1.82) is 0 Å². The Kier molecular flexibility index (Phi) is 3.67. The Morgan fingerprint density at radius 2 is 1.71 bits per heavy atom. The number of benzene rings is 2. The Hall–Kier alpha value is -2.50. The molecular formula is C19H16FN3S. The summed E-state index contributed by atoms with van der Waals surface area (Å²) in [7, 11) is 0. The maximum absolute atomic E-state index is 13.1. The summed E-state index contributed by atoms with van der Waals surface area (Å²) in [5, 5.41) is 2.09. The summed E-state index contributed by atoms with van der Waals surface area (Å²) in [6.45, 7) is 1.97. The first kappa shape index (κ1) is 15.1. The van der Waals surface area contributed by atoms with Gasteiger partial charge in [0.2, 0.25) is 0 Å². The predicted octanol–water partition coefficient (Wildman–Crippen LogP) is 4.89. The highest BCUT2D eigenvalue weighted by Gasteiger charge is 2.11. The summed E-state index contributed by atoms with van der Waals surface area (Å²) in [4.78, 5) is 5.56. The van der Waals surface area contributed by atoms with Crippen LogP contribution < -0.4 is 5.73 Å². The number of nitrogens with two attached hydrogens (primary N) is 1. The monoisotopic (exact) mass is 337 g/mol. The minimum atomic E-state index is -0.241. The van der Waals surface area contributed by atoms with Gasteiger partial charge in [-0.05, 0) is 42.3 Å². The Bertz CT molecular complexity index is 982. The van der Waals surface area contributed by atoms with Crippen LogP contribution in [-0.4, -0.2) is 9.38 Å². The second kappa shape index (κ2) is 5.85. The molecule has 4 rings (SSSR count). The van der Waals surface area contributed by atoms with Gasteiger partial charge in [-0.3, -0.25) is 4.40 Å². The SMILES string of the molecule is CC(N)c1ccc(-c2csc3nc(-c4ccc(F)cc4)cn23)cc1. The minimum Gasteiger partial charge on any atom is -0.324 e. The van der Waals surface area contributed by atoms with E-state index < -0.39 is 0 Å². The minimum absolute atomic E-state index is 0.0277. The van der Waals surface area contributed by atoms with E-state index in [-0.39, 0.29) is 11.9 Å². The van der Waals surface area contributed by atoms with E-state index in [9.17, 15) is 4.39 Å².